The second-order valence-corrected chi connectivity index (χ2v) is 5.54. The Kier molecular flexibility index (Phi) is 4.23. The van der Waals surface area contributed by atoms with Crippen LogP contribution in [0.25, 0.3) is 0 Å². The van der Waals surface area contributed by atoms with Gasteiger partial charge in [0.15, 0.2) is 5.69 Å². The van der Waals surface area contributed by atoms with E-state index in [0.29, 0.717) is 16.5 Å². The van der Waals surface area contributed by atoms with Crippen molar-refractivity contribution in [1.29, 1.82) is 0 Å². The summed E-state index contributed by atoms with van der Waals surface area (Å²) in [5, 5.41) is 20.1. The first-order valence-corrected chi connectivity index (χ1v) is 6.95. The first-order chi connectivity index (χ1) is 9.82. The minimum absolute atomic E-state index is 0.112. The molecule has 0 fully saturated rings. The molecule has 2 aromatic rings. The van der Waals surface area contributed by atoms with Gasteiger partial charge in [0.25, 0.3) is 0 Å². The van der Waals surface area contributed by atoms with Gasteiger partial charge in [0.05, 0.1) is 19.4 Å². The Balaban J connectivity index is 2.58. The zero-order valence-electron chi connectivity index (χ0n) is 12.2. The van der Waals surface area contributed by atoms with Crippen LogP contribution in [-0.2, 0) is 11.8 Å². The average molecular weight is 310 g/mol. The molecular weight excluding hydrogens is 292 g/mol. The Labute approximate surface area is 128 Å². The first kappa shape index (κ1) is 15.4. The molecular formula is C15H18ClN2O3+. The standard InChI is InChI=1S/C15H17ClN2O3/c1-9-10(2)18(21)15(17(9)3)13(8-14(19)20)11-4-6-12(16)7-5-11/h4-7,13H,8H2,1-3H3,(H-,19,20,21)/p+1. The van der Waals surface area contributed by atoms with Crippen LogP contribution in [0.2, 0.25) is 5.02 Å². The summed E-state index contributed by atoms with van der Waals surface area (Å²) in [5.74, 6) is -0.844. The van der Waals surface area contributed by atoms with E-state index in [9.17, 15) is 15.1 Å². The van der Waals surface area contributed by atoms with E-state index in [2.05, 4.69) is 0 Å². The molecule has 0 aliphatic rings. The van der Waals surface area contributed by atoms with Gasteiger partial charge >= 0.3 is 11.8 Å². The monoisotopic (exact) mass is 309 g/mol. The van der Waals surface area contributed by atoms with Crippen LogP contribution < -0.4 is 4.57 Å². The lowest BCUT2D eigenvalue weighted by atomic mass is 9.95. The Bertz CT molecular complexity index is 652. The third kappa shape index (κ3) is 2.88. The van der Waals surface area contributed by atoms with Crippen molar-refractivity contribution in [3.8, 4) is 0 Å². The normalized spacial score (nSPS) is 12.4. The van der Waals surface area contributed by atoms with Crippen LogP contribution in [0.4, 0.5) is 0 Å². The Morgan fingerprint density at radius 3 is 2.33 bits per heavy atom. The number of carboxylic acid groups (broad SMARTS) is 1. The van der Waals surface area contributed by atoms with Gasteiger partial charge < -0.3 is 10.3 Å². The molecule has 0 radical (unpaired) electrons. The van der Waals surface area contributed by atoms with Crippen LogP contribution in [0.1, 0.15) is 35.1 Å². The van der Waals surface area contributed by atoms with Crippen molar-refractivity contribution in [2.45, 2.75) is 26.2 Å². The predicted octanol–water partition coefficient (Wildman–Crippen LogP) is 2.43. The number of carbonyl (C=O) groups is 1. The Hall–Kier alpha value is -2.01. The van der Waals surface area contributed by atoms with Crippen LogP contribution in [-0.4, -0.2) is 21.0 Å². The van der Waals surface area contributed by atoms with Crippen molar-refractivity contribution < 1.29 is 19.7 Å². The molecule has 0 amide bonds. The summed E-state index contributed by atoms with van der Waals surface area (Å²) in [4.78, 5) is 11.2. The number of benzene rings is 1. The number of rotatable bonds is 4. The van der Waals surface area contributed by atoms with Crippen molar-refractivity contribution in [3.05, 3.63) is 52.1 Å². The largest absolute Gasteiger partial charge is 0.481 e. The summed E-state index contributed by atoms with van der Waals surface area (Å²) in [5.41, 5.74) is 2.37. The summed E-state index contributed by atoms with van der Waals surface area (Å²) in [6.45, 7) is 3.67. The van der Waals surface area contributed by atoms with Gasteiger partial charge in [0.2, 0.25) is 0 Å². The van der Waals surface area contributed by atoms with Crippen molar-refractivity contribution in [2.24, 2.45) is 7.05 Å². The highest BCUT2D eigenvalue weighted by atomic mass is 35.5. The fourth-order valence-electron chi connectivity index (χ4n) is 2.49. The molecule has 1 aromatic carbocycles. The average Bonchev–Trinajstić information content (AvgIpc) is 2.62. The van der Waals surface area contributed by atoms with Gasteiger partial charge in [-0.1, -0.05) is 23.7 Å². The molecule has 5 nitrogen and oxygen atoms in total. The van der Waals surface area contributed by atoms with E-state index in [1.54, 1.807) is 31.2 Å². The number of aliphatic carboxylic acids is 1. The predicted molar refractivity (Wildman–Crippen MR) is 77.8 cm³/mol. The molecule has 1 atom stereocenters. The van der Waals surface area contributed by atoms with E-state index in [-0.39, 0.29) is 6.42 Å². The number of halogens is 1. The van der Waals surface area contributed by atoms with Gasteiger partial charge in [-0.25, -0.2) is 4.57 Å². The van der Waals surface area contributed by atoms with Crippen LogP contribution >= 0.6 is 11.6 Å². The summed E-state index contributed by atoms with van der Waals surface area (Å²) in [6, 6.07) is 7.01. The molecule has 1 heterocycles. The second-order valence-electron chi connectivity index (χ2n) is 5.10. The third-order valence-electron chi connectivity index (χ3n) is 3.87. The quantitative estimate of drug-likeness (QED) is 0.673. The smallest absolute Gasteiger partial charge is 0.304 e. The zero-order chi connectivity index (χ0) is 15.7. The van der Waals surface area contributed by atoms with Gasteiger partial charge in [0.1, 0.15) is 5.69 Å². The van der Waals surface area contributed by atoms with E-state index in [1.807, 2.05) is 18.5 Å². The number of nitrogens with zero attached hydrogens (tertiary/aromatic N) is 2. The van der Waals surface area contributed by atoms with Gasteiger partial charge in [-0.05, 0) is 22.4 Å². The van der Waals surface area contributed by atoms with E-state index >= 15 is 0 Å². The van der Waals surface area contributed by atoms with Crippen molar-refractivity contribution in [3.63, 3.8) is 0 Å². The fraction of sp³-hybridized carbons (Fsp3) is 0.333. The van der Waals surface area contributed by atoms with Crippen LogP contribution in [0.5, 0.6) is 0 Å². The third-order valence-corrected chi connectivity index (χ3v) is 4.12. The molecule has 1 aromatic heterocycles. The highest BCUT2D eigenvalue weighted by molar-refractivity contribution is 6.30. The highest BCUT2D eigenvalue weighted by Crippen LogP contribution is 2.28. The molecule has 112 valence electrons. The van der Waals surface area contributed by atoms with Gasteiger partial charge in [-0.3, -0.25) is 4.79 Å². The van der Waals surface area contributed by atoms with Crippen LogP contribution in [0, 0.1) is 13.8 Å². The molecule has 0 saturated carbocycles. The lowest BCUT2D eigenvalue weighted by molar-refractivity contribution is -0.686. The lowest BCUT2D eigenvalue weighted by Crippen LogP contribution is -2.37. The molecule has 0 saturated heterocycles. The van der Waals surface area contributed by atoms with Gasteiger partial charge in [-0.15, -0.1) is 0 Å². The van der Waals surface area contributed by atoms with Crippen molar-refractivity contribution in [1.82, 2.24) is 4.73 Å². The molecule has 0 aliphatic heterocycles. The Morgan fingerprint density at radius 1 is 1.33 bits per heavy atom. The topological polar surface area (TPSA) is 66.3 Å². The lowest BCUT2D eigenvalue weighted by Gasteiger charge is -2.12. The molecule has 21 heavy (non-hydrogen) atoms. The molecule has 2 rings (SSSR count). The van der Waals surface area contributed by atoms with E-state index in [0.717, 1.165) is 16.0 Å². The summed E-state index contributed by atoms with van der Waals surface area (Å²) >= 11 is 5.88. The van der Waals surface area contributed by atoms with Crippen LogP contribution in [0.15, 0.2) is 24.3 Å². The molecule has 1 unspecified atom stereocenters. The number of hydrogen-bond donors (Lipinski definition) is 2. The number of carboxylic acids is 1. The molecule has 0 bridgehead atoms. The molecule has 6 heteroatoms. The van der Waals surface area contributed by atoms with Gasteiger partial charge in [-0.2, -0.15) is 0 Å². The van der Waals surface area contributed by atoms with Crippen LogP contribution in [0.3, 0.4) is 0 Å². The maximum absolute atomic E-state index is 11.2. The van der Waals surface area contributed by atoms with E-state index in [4.69, 9.17) is 11.6 Å². The molecule has 0 aliphatic carbocycles. The minimum Gasteiger partial charge on any atom is -0.481 e. The van der Waals surface area contributed by atoms with E-state index in [1.165, 1.54) is 0 Å². The maximum atomic E-state index is 11.2. The van der Waals surface area contributed by atoms with Crippen molar-refractivity contribution >= 4 is 17.6 Å². The zero-order valence-corrected chi connectivity index (χ0v) is 12.9. The highest BCUT2D eigenvalue weighted by Gasteiger charge is 2.33. The summed E-state index contributed by atoms with van der Waals surface area (Å²) in [6.07, 6.45) is -0.112. The van der Waals surface area contributed by atoms with Gasteiger partial charge in [0, 0.05) is 18.9 Å². The number of hydrogen-bond acceptors (Lipinski definition) is 2. The van der Waals surface area contributed by atoms with Crippen molar-refractivity contribution in [2.75, 3.05) is 0 Å². The molecule has 0 spiro atoms. The maximum Gasteiger partial charge on any atom is 0.304 e. The fourth-order valence-corrected chi connectivity index (χ4v) is 2.62. The Morgan fingerprint density at radius 2 is 1.90 bits per heavy atom. The SMILES string of the molecule is Cc1c(C)[n+](C)c(C(CC(=O)O)c2ccc(Cl)cc2)n1O. The summed E-state index contributed by atoms with van der Waals surface area (Å²) < 4.78 is 2.88. The number of imidazole rings is 1. The second kappa shape index (κ2) is 5.77. The van der Waals surface area contributed by atoms with E-state index < -0.39 is 11.9 Å². The minimum atomic E-state index is -0.925. The number of aromatic nitrogens is 2. The first-order valence-electron chi connectivity index (χ1n) is 6.57. The summed E-state index contributed by atoms with van der Waals surface area (Å²) in [7, 11) is 1.81. The molecule has 2 N–H and O–H groups in total.